The summed E-state index contributed by atoms with van der Waals surface area (Å²) in [5.41, 5.74) is -1.21. The molecule has 1 saturated heterocycles. The van der Waals surface area contributed by atoms with Crippen LogP contribution in [0.15, 0.2) is 40.8 Å². The van der Waals surface area contributed by atoms with Crippen LogP contribution in [-0.2, 0) is 29.1 Å². The fourth-order valence-corrected chi connectivity index (χ4v) is 7.75. The summed E-state index contributed by atoms with van der Waals surface area (Å²) >= 11 is 0. The Labute approximate surface area is 285 Å². The SMILES string of the molecule is CC(C)(C)OC(=O)N[C@H]1CCCCCC=C[C@@H]2C[C@@]2(C(=O)NS(=O)(=O)C2(C)CC2)NC(=O)[C@@H]2C[C@@H](Oc3nc4ccccc4o3)CN2C1=O. The van der Waals surface area contributed by atoms with Crippen molar-refractivity contribution in [1.29, 1.82) is 0 Å². The van der Waals surface area contributed by atoms with Crippen molar-refractivity contribution in [3.63, 3.8) is 0 Å². The number of hydrogen-bond donors (Lipinski definition) is 3. The third-order valence-electron chi connectivity index (χ3n) is 9.71. The highest BCUT2D eigenvalue weighted by Crippen LogP contribution is 2.47. The molecule has 4 aliphatic rings. The van der Waals surface area contributed by atoms with Crippen molar-refractivity contribution >= 4 is 44.9 Å². The predicted molar refractivity (Wildman–Crippen MR) is 178 cm³/mol. The number of carbonyl (C=O) groups excluding carboxylic acids is 4. The molecular formula is C34H45N5O9S. The molecule has 15 heteroatoms. The third-order valence-corrected chi connectivity index (χ3v) is 11.9. The van der Waals surface area contributed by atoms with E-state index >= 15 is 0 Å². The molecule has 2 aliphatic carbocycles. The van der Waals surface area contributed by atoms with Crippen LogP contribution in [0.1, 0.15) is 85.5 Å². The van der Waals surface area contributed by atoms with E-state index in [-0.39, 0.29) is 25.5 Å². The maximum absolute atomic E-state index is 14.3. The Morgan fingerprint density at radius 3 is 2.59 bits per heavy atom. The Balaban J connectivity index is 1.29. The van der Waals surface area contributed by atoms with E-state index in [0.29, 0.717) is 43.2 Å². The fraction of sp³-hybridized carbons (Fsp3) is 0.618. The second-order valence-electron chi connectivity index (χ2n) is 14.9. The summed E-state index contributed by atoms with van der Waals surface area (Å²) in [4.78, 5) is 60.7. The predicted octanol–water partition coefficient (Wildman–Crippen LogP) is 3.46. The van der Waals surface area contributed by atoms with Crippen molar-refractivity contribution in [1.82, 2.24) is 25.2 Å². The Morgan fingerprint density at radius 1 is 1.12 bits per heavy atom. The van der Waals surface area contributed by atoms with Gasteiger partial charge in [0.2, 0.25) is 21.8 Å². The number of amides is 4. The molecule has 2 aliphatic heterocycles. The van der Waals surface area contributed by atoms with Gasteiger partial charge in [0, 0.05) is 12.3 Å². The maximum Gasteiger partial charge on any atom is 0.408 e. The van der Waals surface area contributed by atoms with Crippen LogP contribution in [0.25, 0.3) is 11.1 Å². The fourth-order valence-electron chi connectivity index (χ4n) is 6.44. The van der Waals surface area contributed by atoms with E-state index in [1.165, 1.54) is 4.90 Å². The lowest BCUT2D eigenvalue weighted by Crippen LogP contribution is -2.58. The Morgan fingerprint density at radius 2 is 1.88 bits per heavy atom. The maximum atomic E-state index is 14.3. The normalized spacial score (nSPS) is 28.7. The average Bonchev–Trinajstić information content (AvgIpc) is 3.82. The first-order valence-corrected chi connectivity index (χ1v) is 18.5. The van der Waals surface area contributed by atoms with Crippen molar-refractivity contribution in [2.45, 2.75) is 120 Å². The van der Waals surface area contributed by atoms with E-state index < -0.39 is 73.8 Å². The van der Waals surface area contributed by atoms with Crippen molar-refractivity contribution in [2.24, 2.45) is 5.92 Å². The van der Waals surface area contributed by atoms with E-state index in [2.05, 4.69) is 20.3 Å². The van der Waals surface area contributed by atoms with Crippen LogP contribution in [-0.4, -0.2) is 82.7 Å². The monoisotopic (exact) mass is 699 g/mol. The van der Waals surface area contributed by atoms with Crippen LogP contribution in [0.4, 0.5) is 4.79 Å². The molecule has 0 radical (unpaired) electrons. The Hall–Kier alpha value is -4.14. The second-order valence-corrected chi connectivity index (χ2v) is 17.0. The summed E-state index contributed by atoms with van der Waals surface area (Å²) in [7, 11) is -3.97. The topological polar surface area (TPSA) is 186 Å². The van der Waals surface area contributed by atoms with Gasteiger partial charge in [0.25, 0.3) is 5.91 Å². The minimum atomic E-state index is -3.97. The van der Waals surface area contributed by atoms with Gasteiger partial charge in [0.05, 0.1) is 11.3 Å². The number of nitrogens with one attached hydrogen (secondary N) is 3. The number of hydrogen-bond acceptors (Lipinski definition) is 10. The number of carbonyl (C=O) groups is 4. The number of alkyl carbamates (subject to hydrolysis) is 1. The van der Waals surface area contributed by atoms with Crippen LogP contribution in [0.2, 0.25) is 0 Å². The summed E-state index contributed by atoms with van der Waals surface area (Å²) in [5.74, 6) is -2.36. The molecule has 3 N–H and O–H groups in total. The zero-order chi connectivity index (χ0) is 35.2. The van der Waals surface area contributed by atoms with Crippen molar-refractivity contribution in [3.05, 3.63) is 36.4 Å². The number of nitrogens with zero attached hydrogens (tertiary/aromatic N) is 2. The Bertz CT molecular complexity index is 1730. The zero-order valence-corrected chi connectivity index (χ0v) is 29.1. The lowest BCUT2D eigenvalue weighted by molar-refractivity contribution is -0.141. The number of benzene rings is 1. The molecule has 266 valence electrons. The molecule has 3 heterocycles. The quantitative estimate of drug-likeness (QED) is 0.377. The first-order chi connectivity index (χ1) is 23.1. The number of aromatic nitrogens is 1. The van der Waals surface area contributed by atoms with E-state index in [0.717, 1.165) is 12.8 Å². The summed E-state index contributed by atoms with van der Waals surface area (Å²) in [5, 5.41) is 5.56. The van der Waals surface area contributed by atoms with Crippen molar-refractivity contribution in [3.8, 4) is 6.08 Å². The number of fused-ring (bicyclic) bond motifs is 3. The second kappa shape index (κ2) is 13.0. The van der Waals surface area contributed by atoms with Crippen LogP contribution in [0.3, 0.4) is 0 Å². The molecule has 2 saturated carbocycles. The van der Waals surface area contributed by atoms with Gasteiger partial charge in [0.1, 0.15) is 34.8 Å². The van der Waals surface area contributed by atoms with Crippen LogP contribution < -0.4 is 20.1 Å². The summed E-state index contributed by atoms with van der Waals surface area (Å²) in [6.45, 7) is 6.72. The van der Waals surface area contributed by atoms with E-state index in [9.17, 15) is 27.6 Å². The number of allylic oxidation sites excluding steroid dienone is 1. The number of sulfonamides is 1. The molecule has 49 heavy (non-hydrogen) atoms. The van der Waals surface area contributed by atoms with Gasteiger partial charge >= 0.3 is 12.2 Å². The summed E-state index contributed by atoms with van der Waals surface area (Å²) in [6, 6.07) is 5.01. The zero-order valence-electron chi connectivity index (χ0n) is 28.3. The smallest absolute Gasteiger partial charge is 0.408 e. The van der Waals surface area contributed by atoms with Crippen molar-refractivity contribution < 1.29 is 41.5 Å². The first kappa shape index (κ1) is 34.7. The number of ether oxygens (including phenoxy) is 2. The minimum absolute atomic E-state index is 0.0211. The van der Waals surface area contributed by atoms with Crippen LogP contribution in [0.5, 0.6) is 6.08 Å². The highest BCUT2D eigenvalue weighted by Gasteiger charge is 2.63. The molecule has 6 rings (SSSR count). The summed E-state index contributed by atoms with van der Waals surface area (Å²) < 4.78 is 44.6. The van der Waals surface area contributed by atoms with E-state index in [1.807, 2.05) is 18.2 Å². The molecular weight excluding hydrogens is 654 g/mol. The van der Waals surface area contributed by atoms with Crippen LogP contribution in [0, 0.1) is 5.92 Å². The molecule has 5 atom stereocenters. The molecule has 0 spiro atoms. The molecule has 1 aromatic heterocycles. The molecule has 0 unspecified atom stereocenters. The van der Waals surface area contributed by atoms with Gasteiger partial charge in [-0.2, -0.15) is 4.98 Å². The molecule has 2 aromatic rings. The Kier molecular flexibility index (Phi) is 9.18. The molecule has 3 fully saturated rings. The van der Waals surface area contributed by atoms with Gasteiger partial charge in [-0.1, -0.05) is 37.1 Å². The van der Waals surface area contributed by atoms with Gasteiger partial charge in [0.15, 0.2) is 5.58 Å². The van der Waals surface area contributed by atoms with Gasteiger partial charge < -0.3 is 29.4 Å². The molecule has 14 nitrogen and oxygen atoms in total. The average molecular weight is 700 g/mol. The lowest BCUT2D eigenvalue weighted by Gasteiger charge is -2.30. The van der Waals surface area contributed by atoms with Gasteiger partial charge in [-0.05, 0) is 78.4 Å². The first-order valence-electron chi connectivity index (χ1n) is 17.0. The number of para-hydroxylation sites is 2. The summed E-state index contributed by atoms with van der Waals surface area (Å²) in [6.07, 6.45) is 6.62. The lowest BCUT2D eigenvalue weighted by atomic mass is 10.0. The van der Waals surface area contributed by atoms with Crippen LogP contribution >= 0.6 is 0 Å². The number of oxazole rings is 1. The van der Waals surface area contributed by atoms with E-state index in [1.54, 1.807) is 45.9 Å². The number of rotatable bonds is 6. The van der Waals surface area contributed by atoms with E-state index in [4.69, 9.17) is 13.9 Å². The third kappa shape index (κ3) is 7.55. The molecule has 4 amide bonds. The highest BCUT2D eigenvalue weighted by molar-refractivity contribution is 7.91. The molecule has 1 aromatic carbocycles. The van der Waals surface area contributed by atoms with Gasteiger partial charge in [-0.3, -0.25) is 19.1 Å². The van der Waals surface area contributed by atoms with Gasteiger partial charge in [-0.15, -0.1) is 0 Å². The minimum Gasteiger partial charge on any atom is -0.445 e. The van der Waals surface area contributed by atoms with Gasteiger partial charge in [-0.25, -0.2) is 13.2 Å². The highest BCUT2D eigenvalue weighted by atomic mass is 32.2. The molecule has 0 bridgehead atoms. The standard InChI is InChI=1S/C34H45N5O9S/c1-32(2,3)48-30(43)35-24-14-9-7-5-6-8-12-21-19-34(21,29(42)38-49(44,45)33(4)16-17-33)37-27(40)25-18-22(20-39(25)28(24)41)46-31-36-23-13-10-11-15-26(23)47-31/h8,10-13,15,21-22,24-25H,5-7,9,14,16-20H2,1-4H3,(H,35,43)(H,37,40)(H,38,42)/t21-,22-,24+,25+,34-/m1/s1. The van der Waals surface area contributed by atoms with Crippen molar-refractivity contribution in [2.75, 3.05) is 6.54 Å². The largest absolute Gasteiger partial charge is 0.445 e.